The molecule has 0 radical (unpaired) electrons. The number of nitrogens with one attached hydrogen (secondary N) is 2. The Kier molecular flexibility index (Phi) is 6.37. The lowest BCUT2D eigenvalue weighted by Crippen LogP contribution is -2.02. The van der Waals surface area contributed by atoms with E-state index < -0.39 is 0 Å². The molecule has 0 amide bonds. The summed E-state index contributed by atoms with van der Waals surface area (Å²) in [5.41, 5.74) is 5.64. The van der Waals surface area contributed by atoms with Gasteiger partial charge in [0, 0.05) is 35.9 Å². The molecule has 0 atom stereocenters. The lowest BCUT2D eigenvalue weighted by molar-refractivity contribution is 0.534. The van der Waals surface area contributed by atoms with Crippen LogP contribution < -0.4 is 5.32 Å². The SMILES string of the molecule is CC(C)n1ccc(-c2nc(CNc3cccc(F)c3)[nH]c2-c2ccc3nccnc3c2)n1.Cl. The van der Waals surface area contributed by atoms with Crippen LogP contribution in [0.5, 0.6) is 0 Å². The molecule has 2 N–H and O–H groups in total. The van der Waals surface area contributed by atoms with Gasteiger partial charge in [-0.3, -0.25) is 14.6 Å². The number of nitrogens with zero attached hydrogens (tertiary/aromatic N) is 5. The molecule has 2 aromatic carbocycles. The molecule has 5 rings (SSSR count). The Balaban J connectivity index is 0.00000259. The van der Waals surface area contributed by atoms with E-state index in [4.69, 9.17) is 10.1 Å². The van der Waals surface area contributed by atoms with Gasteiger partial charge in [-0.25, -0.2) is 9.37 Å². The largest absolute Gasteiger partial charge is 0.378 e. The highest BCUT2D eigenvalue weighted by Crippen LogP contribution is 2.31. The van der Waals surface area contributed by atoms with E-state index in [0.717, 1.165) is 39.5 Å². The molecule has 33 heavy (non-hydrogen) atoms. The molecule has 3 aromatic heterocycles. The Labute approximate surface area is 196 Å². The number of hydrogen-bond acceptors (Lipinski definition) is 5. The van der Waals surface area contributed by atoms with Gasteiger partial charge in [0.15, 0.2) is 0 Å². The Morgan fingerprint density at radius 3 is 2.61 bits per heavy atom. The normalized spacial score (nSPS) is 11.0. The third-order valence-electron chi connectivity index (χ3n) is 5.18. The maximum atomic E-state index is 13.5. The minimum Gasteiger partial charge on any atom is -0.378 e. The highest BCUT2D eigenvalue weighted by molar-refractivity contribution is 5.85. The van der Waals surface area contributed by atoms with E-state index >= 15 is 0 Å². The number of aromatic nitrogens is 6. The van der Waals surface area contributed by atoms with Gasteiger partial charge in [-0.1, -0.05) is 12.1 Å². The molecular formula is C24H23ClFN7. The molecule has 0 unspecified atom stereocenters. The molecule has 168 valence electrons. The van der Waals surface area contributed by atoms with E-state index in [1.807, 2.05) is 41.2 Å². The lowest BCUT2D eigenvalue weighted by atomic mass is 10.1. The number of benzene rings is 2. The zero-order chi connectivity index (χ0) is 22.1. The summed E-state index contributed by atoms with van der Waals surface area (Å²) in [6.45, 7) is 4.58. The first-order chi connectivity index (χ1) is 15.6. The molecule has 0 bridgehead atoms. The van der Waals surface area contributed by atoms with E-state index in [-0.39, 0.29) is 24.3 Å². The molecular weight excluding hydrogens is 441 g/mol. The first-order valence-corrected chi connectivity index (χ1v) is 10.4. The Hall–Kier alpha value is -3.78. The van der Waals surface area contributed by atoms with E-state index in [2.05, 4.69) is 34.1 Å². The van der Waals surface area contributed by atoms with Crippen molar-refractivity contribution in [3.63, 3.8) is 0 Å². The molecule has 0 spiro atoms. The standard InChI is InChI=1S/C24H22FN7.ClH/c1-15(2)32-11-8-20(31-32)24-23(16-6-7-19-21(12-16)27-10-9-26-19)29-22(30-24)14-28-18-5-3-4-17(25)13-18;/h3-13,15,28H,14H2,1-2H3,(H,29,30);1H. The molecule has 3 heterocycles. The maximum absolute atomic E-state index is 13.5. The van der Waals surface area contributed by atoms with Crippen LogP contribution in [-0.2, 0) is 6.54 Å². The number of halogens is 2. The van der Waals surface area contributed by atoms with Crippen LogP contribution in [0.1, 0.15) is 25.7 Å². The summed E-state index contributed by atoms with van der Waals surface area (Å²) in [5, 5.41) is 7.92. The van der Waals surface area contributed by atoms with E-state index in [9.17, 15) is 4.39 Å². The second-order valence-electron chi connectivity index (χ2n) is 7.81. The first-order valence-electron chi connectivity index (χ1n) is 10.4. The zero-order valence-electron chi connectivity index (χ0n) is 18.2. The van der Waals surface area contributed by atoms with Crippen LogP contribution in [0.3, 0.4) is 0 Å². The first kappa shape index (κ1) is 22.4. The van der Waals surface area contributed by atoms with Gasteiger partial charge in [-0.05, 0) is 50.2 Å². The van der Waals surface area contributed by atoms with Crippen LogP contribution >= 0.6 is 12.4 Å². The number of anilines is 1. The molecule has 7 nitrogen and oxygen atoms in total. The van der Waals surface area contributed by atoms with Crippen LogP contribution in [0.4, 0.5) is 10.1 Å². The van der Waals surface area contributed by atoms with Crippen molar-refractivity contribution in [1.82, 2.24) is 29.7 Å². The smallest absolute Gasteiger partial charge is 0.126 e. The molecule has 0 fully saturated rings. The van der Waals surface area contributed by atoms with Crippen molar-refractivity contribution < 1.29 is 4.39 Å². The van der Waals surface area contributed by atoms with Crippen LogP contribution in [0.25, 0.3) is 33.7 Å². The van der Waals surface area contributed by atoms with Crippen molar-refractivity contribution in [3.8, 4) is 22.6 Å². The van der Waals surface area contributed by atoms with Gasteiger partial charge in [0.2, 0.25) is 0 Å². The van der Waals surface area contributed by atoms with E-state index in [1.54, 1.807) is 18.5 Å². The van der Waals surface area contributed by atoms with E-state index in [1.165, 1.54) is 12.1 Å². The Morgan fingerprint density at radius 1 is 1.03 bits per heavy atom. The van der Waals surface area contributed by atoms with Crippen LogP contribution in [-0.4, -0.2) is 29.7 Å². The van der Waals surface area contributed by atoms with Crippen molar-refractivity contribution in [2.75, 3.05) is 5.32 Å². The summed E-state index contributed by atoms with van der Waals surface area (Å²) in [6, 6.07) is 14.5. The maximum Gasteiger partial charge on any atom is 0.126 e. The minimum atomic E-state index is -0.285. The highest BCUT2D eigenvalue weighted by Gasteiger charge is 2.17. The summed E-state index contributed by atoms with van der Waals surface area (Å²) in [6.07, 6.45) is 5.31. The summed E-state index contributed by atoms with van der Waals surface area (Å²) in [7, 11) is 0. The molecule has 0 aliphatic carbocycles. The van der Waals surface area contributed by atoms with Gasteiger partial charge in [-0.15, -0.1) is 12.4 Å². The fourth-order valence-electron chi connectivity index (χ4n) is 3.56. The van der Waals surface area contributed by atoms with Gasteiger partial charge < -0.3 is 10.3 Å². The van der Waals surface area contributed by atoms with Gasteiger partial charge in [0.25, 0.3) is 0 Å². The number of H-pyrrole nitrogens is 1. The lowest BCUT2D eigenvalue weighted by Gasteiger charge is -2.05. The fraction of sp³-hybridized carbons (Fsp3) is 0.167. The summed E-state index contributed by atoms with van der Waals surface area (Å²) in [4.78, 5) is 17.0. The van der Waals surface area contributed by atoms with Gasteiger partial charge >= 0.3 is 0 Å². The molecule has 0 aliphatic heterocycles. The average molecular weight is 464 g/mol. The predicted molar refractivity (Wildman–Crippen MR) is 130 cm³/mol. The predicted octanol–water partition coefficient (Wildman–Crippen LogP) is 5.64. The minimum absolute atomic E-state index is 0. The zero-order valence-corrected chi connectivity index (χ0v) is 19.0. The van der Waals surface area contributed by atoms with Crippen LogP contribution in [0, 0.1) is 5.82 Å². The number of aromatic amines is 1. The summed E-state index contributed by atoms with van der Waals surface area (Å²) < 4.78 is 15.4. The second kappa shape index (κ2) is 9.38. The highest BCUT2D eigenvalue weighted by atomic mass is 35.5. The van der Waals surface area contributed by atoms with Crippen LogP contribution in [0.2, 0.25) is 0 Å². The quantitative estimate of drug-likeness (QED) is 0.340. The fourth-order valence-corrected chi connectivity index (χ4v) is 3.56. The Morgan fingerprint density at radius 2 is 1.85 bits per heavy atom. The monoisotopic (exact) mass is 463 g/mol. The topological polar surface area (TPSA) is 84.3 Å². The third-order valence-corrected chi connectivity index (χ3v) is 5.18. The van der Waals surface area contributed by atoms with Crippen molar-refractivity contribution in [1.29, 1.82) is 0 Å². The van der Waals surface area contributed by atoms with Gasteiger partial charge in [0.05, 0.1) is 23.3 Å². The Bertz CT molecular complexity index is 1390. The van der Waals surface area contributed by atoms with E-state index in [0.29, 0.717) is 12.2 Å². The van der Waals surface area contributed by atoms with Gasteiger partial charge in [0.1, 0.15) is 23.0 Å². The average Bonchev–Trinajstić information content (AvgIpc) is 3.45. The van der Waals surface area contributed by atoms with Crippen LogP contribution in [0.15, 0.2) is 67.1 Å². The van der Waals surface area contributed by atoms with Crippen molar-refractivity contribution >= 4 is 29.1 Å². The molecule has 0 saturated carbocycles. The molecule has 0 saturated heterocycles. The number of rotatable bonds is 6. The van der Waals surface area contributed by atoms with Crippen molar-refractivity contribution in [2.24, 2.45) is 0 Å². The number of fused-ring (bicyclic) bond motifs is 1. The molecule has 5 aromatic rings. The summed E-state index contributed by atoms with van der Waals surface area (Å²) in [5.74, 6) is 0.435. The van der Waals surface area contributed by atoms with Crippen molar-refractivity contribution in [3.05, 3.63) is 78.8 Å². The van der Waals surface area contributed by atoms with Crippen molar-refractivity contribution in [2.45, 2.75) is 26.4 Å². The number of hydrogen-bond donors (Lipinski definition) is 2. The summed E-state index contributed by atoms with van der Waals surface area (Å²) >= 11 is 0. The second-order valence-corrected chi connectivity index (χ2v) is 7.81. The third kappa shape index (κ3) is 4.70. The van der Waals surface area contributed by atoms with Gasteiger partial charge in [-0.2, -0.15) is 5.10 Å². The molecule has 9 heteroatoms. The number of imidazole rings is 1. The molecule has 0 aliphatic rings.